The number of benzene rings is 1. The predicted molar refractivity (Wildman–Crippen MR) is 95.7 cm³/mol. The van der Waals surface area contributed by atoms with Gasteiger partial charge in [0, 0.05) is 15.9 Å². The molecule has 1 aromatic heterocycles. The highest BCUT2D eigenvalue weighted by atomic mass is 35.5. The normalized spacial score (nSPS) is 19.6. The molecule has 2 aromatic rings. The van der Waals surface area contributed by atoms with Crippen molar-refractivity contribution in [3.05, 3.63) is 45.4 Å². The predicted octanol–water partition coefficient (Wildman–Crippen LogP) is 2.44. The molecule has 1 aliphatic rings. The van der Waals surface area contributed by atoms with Crippen LogP contribution in [-0.4, -0.2) is 30.0 Å². The number of methoxy groups -OCH3 is 1. The Morgan fingerprint density at radius 1 is 1.32 bits per heavy atom. The number of hydrogen-bond donors (Lipinski definition) is 3. The number of nitrogens with one attached hydrogen (secondary N) is 3. The van der Waals surface area contributed by atoms with Crippen LogP contribution in [0.15, 0.2) is 24.3 Å². The maximum Gasteiger partial charge on any atom is 0.357 e. The van der Waals surface area contributed by atoms with Crippen molar-refractivity contribution in [1.82, 2.24) is 15.8 Å². The highest BCUT2D eigenvalue weighted by Crippen LogP contribution is 2.26. The molecule has 0 spiro atoms. The number of nitrogens with zero attached hydrogens (tertiary/aromatic N) is 1. The van der Waals surface area contributed by atoms with Crippen LogP contribution in [0.2, 0.25) is 5.02 Å². The number of amides is 1. The van der Waals surface area contributed by atoms with E-state index < -0.39 is 12.0 Å². The van der Waals surface area contributed by atoms with Gasteiger partial charge < -0.3 is 10.1 Å². The quantitative estimate of drug-likeness (QED) is 0.705. The van der Waals surface area contributed by atoms with Crippen molar-refractivity contribution in [2.45, 2.75) is 25.4 Å². The first kappa shape index (κ1) is 17.8. The van der Waals surface area contributed by atoms with Crippen molar-refractivity contribution >= 4 is 39.9 Å². The van der Waals surface area contributed by atoms with Crippen LogP contribution < -0.4 is 16.2 Å². The molecule has 3 N–H and O–H groups in total. The molecule has 25 heavy (non-hydrogen) atoms. The molecule has 1 amide bonds. The lowest BCUT2D eigenvalue weighted by molar-refractivity contribution is -0.117. The molecule has 1 saturated heterocycles. The second-order valence-corrected chi connectivity index (χ2v) is 7.23. The van der Waals surface area contributed by atoms with Gasteiger partial charge in [-0.05, 0) is 31.0 Å². The van der Waals surface area contributed by atoms with E-state index in [1.165, 1.54) is 18.4 Å². The summed E-state index contributed by atoms with van der Waals surface area (Å²) in [6, 6.07) is 7.09. The summed E-state index contributed by atoms with van der Waals surface area (Å²) in [4.78, 5) is 28.8. The van der Waals surface area contributed by atoms with Crippen LogP contribution in [0.4, 0.5) is 5.13 Å². The van der Waals surface area contributed by atoms with Gasteiger partial charge in [0.25, 0.3) is 0 Å². The molecule has 0 saturated carbocycles. The monoisotopic (exact) mass is 380 g/mol. The van der Waals surface area contributed by atoms with E-state index in [2.05, 4.69) is 25.9 Å². The number of thiazole rings is 1. The summed E-state index contributed by atoms with van der Waals surface area (Å²) >= 11 is 7.13. The maximum absolute atomic E-state index is 12.4. The van der Waals surface area contributed by atoms with Gasteiger partial charge in [-0.25, -0.2) is 20.6 Å². The number of carbonyl (C=O) groups is 2. The fourth-order valence-corrected chi connectivity index (χ4v) is 3.50. The van der Waals surface area contributed by atoms with Gasteiger partial charge >= 0.3 is 5.97 Å². The molecule has 7 nitrogen and oxygen atoms in total. The molecule has 1 aromatic carbocycles. The number of esters is 1. The van der Waals surface area contributed by atoms with Crippen molar-refractivity contribution in [3.8, 4) is 0 Å². The summed E-state index contributed by atoms with van der Waals surface area (Å²) in [5, 5.41) is 3.79. The first-order chi connectivity index (χ1) is 12.0. The third kappa shape index (κ3) is 3.98. The summed E-state index contributed by atoms with van der Waals surface area (Å²) < 4.78 is 4.67. The average molecular weight is 381 g/mol. The van der Waals surface area contributed by atoms with Gasteiger partial charge in [-0.15, -0.1) is 11.3 Å². The Labute approximate surface area is 153 Å². The molecule has 0 aliphatic carbocycles. The van der Waals surface area contributed by atoms with E-state index in [4.69, 9.17) is 11.6 Å². The smallest absolute Gasteiger partial charge is 0.357 e. The second-order valence-electron chi connectivity index (χ2n) is 5.59. The van der Waals surface area contributed by atoms with Crippen LogP contribution in [0.25, 0.3) is 0 Å². The highest BCUT2D eigenvalue weighted by Gasteiger charge is 2.31. The second kappa shape index (κ2) is 7.49. The zero-order valence-corrected chi connectivity index (χ0v) is 15.2. The number of rotatable bonds is 4. The molecule has 132 valence electrons. The number of hydrazine groups is 1. The molecular formula is C16H17ClN4O3S. The third-order valence-corrected chi connectivity index (χ3v) is 5.04. The Kier molecular flexibility index (Phi) is 5.33. The van der Waals surface area contributed by atoms with Gasteiger partial charge in [0.1, 0.15) is 6.04 Å². The lowest BCUT2D eigenvalue weighted by atomic mass is 10.0. The number of aromatic nitrogens is 1. The number of carbonyl (C=O) groups excluding carboxylic acids is 2. The van der Waals surface area contributed by atoms with E-state index in [-0.39, 0.29) is 17.6 Å². The lowest BCUT2D eigenvalue weighted by Gasteiger charge is -2.09. The first-order valence-corrected chi connectivity index (χ1v) is 8.80. The fourth-order valence-electron chi connectivity index (χ4n) is 2.57. The van der Waals surface area contributed by atoms with Gasteiger partial charge in [-0.3, -0.25) is 4.79 Å². The number of halogens is 1. The van der Waals surface area contributed by atoms with Crippen LogP contribution in [0, 0.1) is 6.92 Å². The molecule has 9 heteroatoms. The summed E-state index contributed by atoms with van der Waals surface area (Å²) in [5.74, 6) is -0.730. The Bertz CT molecular complexity index is 793. The van der Waals surface area contributed by atoms with Crippen molar-refractivity contribution in [2.75, 3.05) is 12.4 Å². The van der Waals surface area contributed by atoms with E-state index in [9.17, 15) is 9.59 Å². The molecule has 2 heterocycles. The molecule has 3 rings (SSSR count). The summed E-state index contributed by atoms with van der Waals surface area (Å²) in [6.45, 7) is 1.76. The van der Waals surface area contributed by atoms with Gasteiger partial charge in [-0.2, -0.15) is 0 Å². The van der Waals surface area contributed by atoms with E-state index in [1.807, 2.05) is 24.3 Å². The summed E-state index contributed by atoms with van der Waals surface area (Å²) in [7, 11) is 1.30. The summed E-state index contributed by atoms with van der Waals surface area (Å²) in [5.41, 5.74) is 7.36. The highest BCUT2D eigenvalue weighted by molar-refractivity contribution is 7.16. The molecule has 0 radical (unpaired) electrons. The van der Waals surface area contributed by atoms with Crippen molar-refractivity contribution in [1.29, 1.82) is 0 Å². The Balaban J connectivity index is 1.63. The minimum absolute atomic E-state index is 0.0108. The molecule has 0 bridgehead atoms. The topological polar surface area (TPSA) is 92.3 Å². The zero-order valence-electron chi connectivity index (χ0n) is 13.6. The number of aryl methyl sites for hydroxylation is 1. The standard InChI is InChI=1S/C16H17ClN4O3S/c1-8-13(15(23)24-2)18-16(25-8)19-14(22)12-7-11(20-21-12)9-3-5-10(17)6-4-9/h3-6,11-12,20-21H,7H2,1-2H3,(H,18,19,22). The van der Waals surface area contributed by atoms with Gasteiger partial charge in [0.2, 0.25) is 5.91 Å². The number of anilines is 1. The van der Waals surface area contributed by atoms with E-state index in [0.717, 1.165) is 5.56 Å². The van der Waals surface area contributed by atoms with Crippen molar-refractivity contribution in [3.63, 3.8) is 0 Å². The van der Waals surface area contributed by atoms with Crippen molar-refractivity contribution in [2.24, 2.45) is 0 Å². The van der Waals surface area contributed by atoms with Crippen LogP contribution in [0.1, 0.15) is 33.4 Å². The Hall–Kier alpha value is -2.00. The number of ether oxygens (including phenoxy) is 1. The Morgan fingerprint density at radius 3 is 2.72 bits per heavy atom. The van der Waals surface area contributed by atoms with E-state index >= 15 is 0 Å². The molecule has 1 aliphatic heterocycles. The lowest BCUT2D eigenvalue weighted by Crippen LogP contribution is -2.39. The van der Waals surface area contributed by atoms with Gasteiger partial charge in [0.05, 0.1) is 7.11 Å². The Morgan fingerprint density at radius 2 is 2.04 bits per heavy atom. The molecule has 2 unspecified atom stereocenters. The van der Waals surface area contributed by atoms with Crippen molar-refractivity contribution < 1.29 is 14.3 Å². The maximum atomic E-state index is 12.4. The first-order valence-electron chi connectivity index (χ1n) is 7.61. The average Bonchev–Trinajstić information content (AvgIpc) is 3.22. The molecule has 1 fully saturated rings. The van der Waals surface area contributed by atoms with Crippen LogP contribution >= 0.6 is 22.9 Å². The fraction of sp³-hybridized carbons (Fsp3) is 0.312. The molecular weight excluding hydrogens is 364 g/mol. The third-order valence-electron chi connectivity index (χ3n) is 3.90. The minimum Gasteiger partial charge on any atom is -0.464 e. The largest absolute Gasteiger partial charge is 0.464 e. The number of hydrogen-bond acceptors (Lipinski definition) is 7. The van der Waals surface area contributed by atoms with E-state index in [1.54, 1.807) is 6.92 Å². The van der Waals surface area contributed by atoms with Crippen LogP contribution in [-0.2, 0) is 9.53 Å². The van der Waals surface area contributed by atoms with Crippen LogP contribution in [0.5, 0.6) is 0 Å². The van der Waals surface area contributed by atoms with Crippen LogP contribution in [0.3, 0.4) is 0 Å². The SMILES string of the molecule is COC(=O)c1nc(NC(=O)C2CC(c3ccc(Cl)cc3)NN2)sc1C. The minimum atomic E-state index is -0.516. The van der Waals surface area contributed by atoms with Gasteiger partial charge in [0.15, 0.2) is 10.8 Å². The van der Waals surface area contributed by atoms with E-state index in [0.29, 0.717) is 21.5 Å². The zero-order chi connectivity index (χ0) is 18.0. The van der Waals surface area contributed by atoms with Gasteiger partial charge in [-0.1, -0.05) is 23.7 Å². The molecule has 2 atom stereocenters. The summed E-state index contributed by atoms with van der Waals surface area (Å²) in [6.07, 6.45) is 0.585.